The molecule has 19 heavy (non-hydrogen) atoms. The minimum atomic E-state index is -0.0436. The number of rotatable bonds is 1. The Morgan fingerprint density at radius 2 is 1.79 bits per heavy atom. The second-order valence-electron chi connectivity index (χ2n) is 5.32. The quantitative estimate of drug-likeness (QED) is 0.716. The first-order chi connectivity index (χ1) is 9.09. The number of carbonyl (C=O) groups excluding carboxylic acids is 2. The average Bonchev–Trinajstić information content (AvgIpc) is 2.43. The van der Waals surface area contributed by atoms with Crippen molar-refractivity contribution in [1.82, 2.24) is 0 Å². The van der Waals surface area contributed by atoms with E-state index >= 15 is 0 Å². The van der Waals surface area contributed by atoms with Crippen LogP contribution in [0.3, 0.4) is 0 Å². The van der Waals surface area contributed by atoms with E-state index in [4.69, 9.17) is 0 Å². The fourth-order valence-corrected chi connectivity index (χ4v) is 2.58. The molecule has 1 aliphatic rings. The third-order valence-electron chi connectivity index (χ3n) is 3.88. The number of carbonyl (C=O) groups is 2. The second kappa shape index (κ2) is 5.96. The van der Waals surface area contributed by atoms with Crippen LogP contribution in [0.4, 0.5) is 0 Å². The summed E-state index contributed by atoms with van der Waals surface area (Å²) >= 11 is 0. The molecule has 0 aliphatic heterocycles. The Labute approximate surface area is 114 Å². The van der Waals surface area contributed by atoms with Crippen molar-refractivity contribution in [2.24, 2.45) is 5.92 Å². The molecule has 0 radical (unpaired) electrons. The molecule has 1 aliphatic carbocycles. The summed E-state index contributed by atoms with van der Waals surface area (Å²) in [4.78, 5) is 24.1. The van der Waals surface area contributed by atoms with Gasteiger partial charge in [0.2, 0.25) is 0 Å². The summed E-state index contributed by atoms with van der Waals surface area (Å²) in [5.74, 6) is 0.449. The summed E-state index contributed by atoms with van der Waals surface area (Å²) in [6.07, 6.45) is 2.31. The van der Waals surface area contributed by atoms with Crippen LogP contribution in [0.25, 0.3) is 5.57 Å². The monoisotopic (exact) mass is 256 g/mol. The van der Waals surface area contributed by atoms with Crippen LogP contribution >= 0.6 is 0 Å². The first-order valence-electron chi connectivity index (χ1n) is 6.90. The Kier molecular flexibility index (Phi) is 4.31. The smallest absolute Gasteiger partial charge is 0.159 e. The fourth-order valence-electron chi connectivity index (χ4n) is 2.58. The maximum atomic E-state index is 12.3. The lowest BCUT2D eigenvalue weighted by molar-refractivity contribution is -0.123. The second-order valence-corrected chi connectivity index (χ2v) is 5.32. The van der Waals surface area contributed by atoms with Gasteiger partial charge in [-0.1, -0.05) is 37.3 Å². The zero-order valence-corrected chi connectivity index (χ0v) is 11.6. The summed E-state index contributed by atoms with van der Waals surface area (Å²) in [6, 6.07) is 9.94. The molecule has 0 amide bonds. The number of allylic oxidation sites excluding steroid dienone is 2. The van der Waals surface area contributed by atoms with Crippen LogP contribution in [0.15, 0.2) is 35.9 Å². The molecule has 2 heteroatoms. The zero-order valence-electron chi connectivity index (χ0n) is 11.6. The SMILES string of the molecule is CC(=C1CC(C)C(=O)CCCC1=O)c1ccccc1. The maximum absolute atomic E-state index is 12.3. The van der Waals surface area contributed by atoms with Crippen molar-refractivity contribution >= 4 is 17.1 Å². The Bertz CT molecular complexity index is 511. The summed E-state index contributed by atoms with van der Waals surface area (Å²) in [5.41, 5.74) is 2.94. The molecule has 1 aromatic carbocycles. The highest BCUT2D eigenvalue weighted by molar-refractivity contribution is 6.03. The van der Waals surface area contributed by atoms with E-state index in [1.54, 1.807) is 0 Å². The number of hydrogen-bond donors (Lipinski definition) is 0. The van der Waals surface area contributed by atoms with E-state index in [1.807, 2.05) is 44.2 Å². The third kappa shape index (κ3) is 3.19. The number of hydrogen-bond acceptors (Lipinski definition) is 2. The van der Waals surface area contributed by atoms with E-state index in [0.717, 1.165) is 16.7 Å². The highest BCUT2D eigenvalue weighted by Gasteiger charge is 2.23. The van der Waals surface area contributed by atoms with Gasteiger partial charge in [-0.2, -0.15) is 0 Å². The normalized spacial score (nSPS) is 23.8. The van der Waals surface area contributed by atoms with E-state index < -0.39 is 0 Å². The van der Waals surface area contributed by atoms with Crippen LogP contribution in [0, 0.1) is 5.92 Å². The standard InChI is InChI=1S/C17H20O2/c1-12-11-15(17(19)10-6-9-16(12)18)13(2)14-7-4-3-5-8-14/h3-5,7-8,12H,6,9-11H2,1-2H3. The molecule has 100 valence electrons. The van der Waals surface area contributed by atoms with Crippen LogP contribution < -0.4 is 0 Å². The lowest BCUT2D eigenvalue weighted by atomic mass is 9.84. The zero-order chi connectivity index (χ0) is 13.8. The van der Waals surface area contributed by atoms with Gasteiger partial charge >= 0.3 is 0 Å². The molecule has 0 heterocycles. The van der Waals surface area contributed by atoms with Crippen LogP contribution in [0.5, 0.6) is 0 Å². The van der Waals surface area contributed by atoms with Gasteiger partial charge in [0.15, 0.2) is 5.78 Å². The molecular weight excluding hydrogens is 236 g/mol. The summed E-state index contributed by atoms with van der Waals surface area (Å²) in [7, 11) is 0. The van der Waals surface area contributed by atoms with E-state index in [1.165, 1.54) is 0 Å². The number of benzene rings is 1. The molecule has 0 spiro atoms. The van der Waals surface area contributed by atoms with E-state index in [9.17, 15) is 9.59 Å². The van der Waals surface area contributed by atoms with Gasteiger partial charge in [0.25, 0.3) is 0 Å². The van der Waals surface area contributed by atoms with Gasteiger partial charge in [0.05, 0.1) is 0 Å². The molecule has 2 rings (SSSR count). The third-order valence-corrected chi connectivity index (χ3v) is 3.88. The predicted octanol–water partition coefficient (Wildman–Crippen LogP) is 3.81. The average molecular weight is 256 g/mol. The molecule has 1 fully saturated rings. The molecule has 1 atom stereocenters. The summed E-state index contributed by atoms with van der Waals surface area (Å²) in [5, 5.41) is 0. The lowest BCUT2D eigenvalue weighted by Gasteiger charge is -2.19. The van der Waals surface area contributed by atoms with Crippen LogP contribution in [-0.2, 0) is 9.59 Å². The van der Waals surface area contributed by atoms with Crippen molar-refractivity contribution in [2.75, 3.05) is 0 Å². The van der Waals surface area contributed by atoms with Crippen LogP contribution in [-0.4, -0.2) is 11.6 Å². The minimum Gasteiger partial charge on any atom is -0.299 e. The van der Waals surface area contributed by atoms with Crippen LogP contribution in [0.1, 0.15) is 45.1 Å². The molecule has 0 saturated heterocycles. The highest BCUT2D eigenvalue weighted by Crippen LogP contribution is 2.28. The largest absolute Gasteiger partial charge is 0.299 e. The van der Waals surface area contributed by atoms with Gasteiger partial charge in [0.1, 0.15) is 5.78 Å². The van der Waals surface area contributed by atoms with Crippen LogP contribution in [0.2, 0.25) is 0 Å². The van der Waals surface area contributed by atoms with Gasteiger partial charge in [-0.05, 0) is 36.5 Å². The van der Waals surface area contributed by atoms with Gasteiger partial charge in [-0.3, -0.25) is 9.59 Å². The molecule has 0 aromatic heterocycles. The Balaban J connectivity index is 2.38. The van der Waals surface area contributed by atoms with Gasteiger partial charge in [-0.25, -0.2) is 0 Å². The maximum Gasteiger partial charge on any atom is 0.159 e. The van der Waals surface area contributed by atoms with Crippen molar-refractivity contribution in [3.63, 3.8) is 0 Å². The molecule has 2 nitrogen and oxygen atoms in total. The number of Topliss-reactive ketones (excluding diaryl/α,β-unsaturated/α-hetero) is 2. The first kappa shape index (κ1) is 13.7. The molecule has 1 unspecified atom stereocenters. The predicted molar refractivity (Wildman–Crippen MR) is 76.7 cm³/mol. The molecule has 0 N–H and O–H groups in total. The van der Waals surface area contributed by atoms with Gasteiger partial charge < -0.3 is 0 Å². The van der Waals surface area contributed by atoms with Crippen molar-refractivity contribution < 1.29 is 9.59 Å². The Morgan fingerprint density at radius 3 is 2.47 bits per heavy atom. The topological polar surface area (TPSA) is 34.1 Å². The van der Waals surface area contributed by atoms with Crippen molar-refractivity contribution in [3.05, 3.63) is 41.5 Å². The number of ketones is 2. The Morgan fingerprint density at radius 1 is 1.11 bits per heavy atom. The van der Waals surface area contributed by atoms with Crippen molar-refractivity contribution in [1.29, 1.82) is 0 Å². The first-order valence-corrected chi connectivity index (χ1v) is 6.90. The van der Waals surface area contributed by atoms with E-state index in [0.29, 0.717) is 25.7 Å². The Hall–Kier alpha value is -1.70. The molecule has 1 aromatic rings. The highest BCUT2D eigenvalue weighted by atomic mass is 16.1. The van der Waals surface area contributed by atoms with Gasteiger partial charge in [0, 0.05) is 18.8 Å². The molecule has 0 bridgehead atoms. The summed E-state index contributed by atoms with van der Waals surface area (Å²) in [6.45, 7) is 3.92. The minimum absolute atomic E-state index is 0.0436. The van der Waals surface area contributed by atoms with E-state index in [2.05, 4.69) is 0 Å². The van der Waals surface area contributed by atoms with E-state index in [-0.39, 0.29) is 17.5 Å². The lowest BCUT2D eigenvalue weighted by Crippen LogP contribution is -2.19. The molecule has 1 saturated carbocycles. The van der Waals surface area contributed by atoms with Crippen molar-refractivity contribution in [3.8, 4) is 0 Å². The fraction of sp³-hybridized carbons (Fsp3) is 0.412. The summed E-state index contributed by atoms with van der Waals surface area (Å²) < 4.78 is 0. The van der Waals surface area contributed by atoms with Gasteiger partial charge in [-0.15, -0.1) is 0 Å². The molecular formula is C17H20O2. The van der Waals surface area contributed by atoms with Crippen molar-refractivity contribution in [2.45, 2.75) is 39.5 Å².